The molecular formula is C13H16ClNO. The zero-order valence-electron chi connectivity index (χ0n) is 9.16. The number of nitrogens with two attached hydrogens (primary N) is 1. The number of Topliss-reactive ketones (excluding diaryl/α,β-unsaturated/α-hetero) is 1. The maximum absolute atomic E-state index is 12.3. The van der Waals surface area contributed by atoms with E-state index in [2.05, 4.69) is 0 Å². The molecule has 1 fully saturated rings. The molecule has 2 atom stereocenters. The lowest BCUT2D eigenvalue weighted by Crippen LogP contribution is -2.38. The highest BCUT2D eigenvalue weighted by atomic mass is 35.5. The Morgan fingerprint density at radius 2 is 1.94 bits per heavy atom. The lowest BCUT2D eigenvalue weighted by atomic mass is 9.80. The van der Waals surface area contributed by atoms with Crippen LogP contribution in [0.25, 0.3) is 0 Å². The van der Waals surface area contributed by atoms with Crippen LogP contribution in [0.5, 0.6) is 0 Å². The second kappa shape index (κ2) is 4.98. The van der Waals surface area contributed by atoms with Crippen LogP contribution in [0.2, 0.25) is 5.02 Å². The zero-order valence-corrected chi connectivity index (χ0v) is 9.91. The normalized spacial score (nSPS) is 25.4. The van der Waals surface area contributed by atoms with E-state index >= 15 is 0 Å². The van der Waals surface area contributed by atoms with Gasteiger partial charge in [-0.3, -0.25) is 4.79 Å². The molecule has 0 aliphatic heterocycles. The number of rotatable bonds is 2. The second-order valence-corrected chi connectivity index (χ2v) is 4.81. The Kier molecular flexibility index (Phi) is 3.62. The van der Waals surface area contributed by atoms with E-state index in [-0.39, 0.29) is 17.7 Å². The van der Waals surface area contributed by atoms with Gasteiger partial charge in [-0.2, -0.15) is 0 Å². The van der Waals surface area contributed by atoms with Crippen LogP contribution in [-0.2, 0) is 0 Å². The van der Waals surface area contributed by atoms with E-state index in [1.165, 1.54) is 0 Å². The number of carbonyl (C=O) groups is 1. The zero-order chi connectivity index (χ0) is 11.5. The molecule has 0 heterocycles. The molecule has 1 aliphatic carbocycles. The standard InChI is InChI=1S/C13H16ClNO/c14-11-7-3-1-5-9(11)13(16)10-6-2-4-8-12(10)15/h1,3,5,7,10,12H,2,4,6,8,15H2. The highest BCUT2D eigenvalue weighted by Crippen LogP contribution is 2.28. The summed E-state index contributed by atoms with van der Waals surface area (Å²) in [5, 5.41) is 0.533. The van der Waals surface area contributed by atoms with Crippen LogP contribution in [0.1, 0.15) is 36.0 Å². The molecule has 2 unspecified atom stereocenters. The predicted octanol–water partition coefficient (Wildman–Crippen LogP) is 3.04. The molecule has 3 heteroatoms. The van der Waals surface area contributed by atoms with Gasteiger partial charge in [-0.05, 0) is 25.0 Å². The summed E-state index contributed by atoms with van der Waals surface area (Å²) < 4.78 is 0. The molecule has 2 rings (SSSR count). The Morgan fingerprint density at radius 3 is 2.62 bits per heavy atom. The molecule has 0 amide bonds. The molecule has 86 valence electrons. The molecule has 0 saturated heterocycles. The van der Waals surface area contributed by atoms with Crippen LogP contribution < -0.4 is 5.73 Å². The Hall–Kier alpha value is -0.860. The maximum atomic E-state index is 12.3. The van der Waals surface area contributed by atoms with Crippen LogP contribution in [-0.4, -0.2) is 11.8 Å². The van der Waals surface area contributed by atoms with Gasteiger partial charge in [0.25, 0.3) is 0 Å². The van der Waals surface area contributed by atoms with Gasteiger partial charge < -0.3 is 5.73 Å². The summed E-state index contributed by atoms with van der Waals surface area (Å²) in [6.07, 6.45) is 4.06. The van der Waals surface area contributed by atoms with Crippen LogP contribution >= 0.6 is 11.6 Å². The summed E-state index contributed by atoms with van der Waals surface area (Å²) in [6.45, 7) is 0. The Balaban J connectivity index is 2.21. The van der Waals surface area contributed by atoms with E-state index in [1.54, 1.807) is 12.1 Å². The van der Waals surface area contributed by atoms with Crippen LogP contribution in [0, 0.1) is 5.92 Å². The van der Waals surface area contributed by atoms with E-state index in [9.17, 15) is 4.79 Å². The molecular weight excluding hydrogens is 222 g/mol. The molecule has 0 bridgehead atoms. The van der Waals surface area contributed by atoms with E-state index < -0.39 is 0 Å². The summed E-state index contributed by atoms with van der Waals surface area (Å²) in [5.41, 5.74) is 6.62. The highest BCUT2D eigenvalue weighted by Gasteiger charge is 2.29. The lowest BCUT2D eigenvalue weighted by molar-refractivity contribution is 0.0871. The Labute approximate surface area is 101 Å². The SMILES string of the molecule is NC1CCCCC1C(=O)c1ccccc1Cl. The molecule has 1 aromatic carbocycles. The van der Waals surface area contributed by atoms with Gasteiger partial charge in [0.05, 0.1) is 5.02 Å². The van der Waals surface area contributed by atoms with Crippen molar-refractivity contribution in [1.29, 1.82) is 0 Å². The molecule has 1 aliphatic rings. The first kappa shape index (κ1) is 11.6. The molecule has 0 aromatic heterocycles. The van der Waals surface area contributed by atoms with Gasteiger partial charge in [0, 0.05) is 17.5 Å². The fraction of sp³-hybridized carbons (Fsp3) is 0.462. The quantitative estimate of drug-likeness (QED) is 0.804. The summed E-state index contributed by atoms with van der Waals surface area (Å²) in [6, 6.07) is 7.21. The monoisotopic (exact) mass is 237 g/mol. The van der Waals surface area contributed by atoms with Crippen molar-refractivity contribution >= 4 is 17.4 Å². The van der Waals surface area contributed by atoms with Crippen molar-refractivity contribution in [3.63, 3.8) is 0 Å². The first-order chi connectivity index (χ1) is 7.70. The molecule has 2 nitrogen and oxygen atoms in total. The van der Waals surface area contributed by atoms with E-state index in [0.717, 1.165) is 25.7 Å². The number of hydrogen-bond donors (Lipinski definition) is 1. The molecule has 0 radical (unpaired) electrons. The Bertz CT molecular complexity index is 391. The van der Waals surface area contributed by atoms with Gasteiger partial charge >= 0.3 is 0 Å². The summed E-state index contributed by atoms with van der Waals surface area (Å²) >= 11 is 6.02. The van der Waals surface area contributed by atoms with Gasteiger partial charge in [0.15, 0.2) is 5.78 Å². The fourth-order valence-corrected chi connectivity index (χ4v) is 2.57. The highest BCUT2D eigenvalue weighted by molar-refractivity contribution is 6.34. The molecule has 1 aromatic rings. The van der Waals surface area contributed by atoms with Crippen LogP contribution in [0.15, 0.2) is 24.3 Å². The summed E-state index contributed by atoms with van der Waals surface area (Å²) in [4.78, 5) is 12.3. The number of hydrogen-bond acceptors (Lipinski definition) is 2. The van der Waals surface area contributed by atoms with Crippen LogP contribution in [0.4, 0.5) is 0 Å². The molecule has 16 heavy (non-hydrogen) atoms. The maximum Gasteiger partial charge on any atom is 0.168 e. The first-order valence-electron chi connectivity index (χ1n) is 5.74. The van der Waals surface area contributed by atoms with Crippen molar-refractivity contribution in [2.75, 3.05) is 0 Å². The van der Waals surface area contributed by atoms with Gasteiger partial charge in [0.1, 0.15) is 0 Å². The largest absolute Gasteiger partial charge is 0.327 e. The molecule has 2 N–H and O–H groups in total. The molecule has 1 saturated carbocycles. The van der Waals surface area contributed by atoms with Gasteiger partial charge in [-0.15, -0.1) is 0 Å². The van der Waals surface area contributed by atoms with Gasteiger partial charge in [-0.25, -0.2) is 0 Å². The average Bonchev–Trinajstić information content (AvgIpc) is 2.29. The van der Waals surface area contributed by atoms with Crippen molar-refractivity contribution in [3.05, 3.63) is 34.9 Å². The first-order valence-corrected chi connectivity index (χ1v) is 6.12. The van der Waals surface area contributed by atoms with Crippen LogP contribution in [0.3, 0.4) is 0 Å². The van der Waals surface area contributed by atoms with E-state index in [4.69, 9.17) is 17.3 Å². The van der Waals surface area contributed by atoms with Gasteiger partial charge in [0.2, 0.25) is 0 Å². The number of carbonyl (C=O) groups excluding carboxylic acids is 1. The average molecular weight is 238 g/mol. The smallest absolute Gasteiger partial charge is 0.168 e. The summed E-state index contributed by atoms with van der Waals surface area (Å²) in [7, 11) is 0. The van der Waals surface area contributed by atoms with Crippen molar-refractivity contribution < 1.29 is 4.79 Å². The minimum atomic E-state index is -0.0475. The minimum Gasteiger partial charge on any atom is -0.327 e. The third-order valence-electron chi connectivity index (χ3n) is 3.30. The van der Waals surface area contributed by atoms with E-state index in [1.807, 2.05) is 12.1 Å². The fourth-order valence-electron chi connectivity index (χ4n) is 2.35. The third kappa shape index (κ3) is 2.28. The van der Waals surface area contributed by atoms with Crippen molar-refractivity contribution in [2.24, 2.45) is 11.7 Å². The minimum absolute atomic E-state index is 0.00229. The number of benzene rings is 1. The summed E-state index contributed by atoms with van der Waals surface area (Å²) in [5.74, 6) is 0.0615. The number of halogens is 1. The molecule has 0 spiro atoms. The second-order valence-electron chi connectivity index (χ2n) is 4.40. The van der Waals surface area contributed by atoms with Gasteiger partial charge in [-0.1, -0.05) is 36.6 Å². The number of ketones is 1. The predicted molar refractivity (Wildman–Crippen MR) is 65.7 cm³/mol. The van der Waals surface area contributed by atoms with Crippen molar-refractivity contribution in [3.8, 4) is 0 Å². The Morgan fingerprint density at radius 1 is 1.25 bits per heavy atom. The topological polar surface area (TPSA) is 43.1 Å². The lowest BCUT2D eigenvalue weighted by Gasteiger charge is -2.27. The van der Waals surface area contributed by atoms with E-state index in [0.29, 0.717) is 10.6 Å². The van der Waals surface area contributed by atoms with Crippen molar-refractivity contribution in [1.82, 2.24) is 0 Å². The van der Waals surface area contributed by atoms with Crippen molar-refractivity contribution in [2.45, 2.75) is 31.7 Å². The third-order valence-corrected chi connectivity index (χ3v) is 3.63.